The molecule has 0 radical (unpaired) electrons. The van der Waals surface area contributed by atoms with Crippen LogP contribution in [0.4, 0.5) is 10.1 Å². The van der Waals surface area contributed by atoms with Crippen molar-refractivity contribution in [3.8, 4) is 39.4 Å². The number of hydrogen-bond donors (Lipinski definition) is 3. The number of ether oxygens (including phenoxy) is 1. The summed E-state index contributed by atoms with van der Waals surface area (Å²) < 4.78 is 19.6. The quantitative estimate of drug-likeness (QED) is 0.189. The van der Waals surface area contributed by atoms with E-state index >= 15 is 0 Å². The van der Waals surface area contributed by atoms with Crippen molar-refractivity contribution in [2.75, 3.05) is 12.4 Å². The van der Waals surface area contributed by atoms with E-state index < -0.39 is 0 Å². The first-order valence-electron chi connectivity index (χ1n) is 13.6. The maximum Gasteiger partial charge on any atom is 0.228 e. The minimum Gasteiger partial charge on any atom is -0.497 e. The second kappa shape index (κ2) is 10.9. The van der Waals surface area contributed by atoms with Crippen LogP contribution < -0.4 is 10.1 Å². The molecule has 4 aromatic heterocycles. The summed E-state index contributed by atoms with van der Waals surface area (Å²) in [7, 11) is 1.51. The number of carbonyl (C=O) groups is 1. The Bertz CT molecular complexity index is 2120. The number of pyridine rings is 2. The first-order valence-corrected chi connectivity index (χ1v) is 13.6. The zero-order chi connectivity index (χ0) is 29.3. The predicted molar refractivity (Wildman–Crippen MR) is 165 cm³/mol. The molecular formula is C34H25FN6O2. The fourth-order valence-corrected chi connectivity index (χ4v) is 5.29. The highest BCUT2D eigenvalue weighted by Gasteiger charge is 2.16. The molecule has 7 aromatic rings. The number of fused-ring (bicyclic) bond motifs is 2. The van der Waals surface area contributed by atoms with E-state index in [9.17, 15) is 9.18 Å². The minimum atomic E-state index is -0.379. The average molecular weight is 569 g/mol. The Kier molecular flexibility index (Phi) is 6.59. The molecule has 8 nitrogen and oxygen atoms in total. The van der Waals surface area contributed by atoms with E-state index in [1.54, 1.807) is 24.7 Å². The summed E-state index contributed by atoms with van der Waals surface area (Å²) in [6, 6.07) is 26.0. The Morgan fingerprint density at radius 1 is 0.907 bits per heavy atom. The number of benzene rings is 3. The molecule has 0 aliphatic heterocycles. The number of nitrogens with one attached hydrogen (secondary N) is 3. The zero-order valence-corrected chi connectivity index (χ0v) is 23.1. The number of hydrogen-bond acceptors (Lipinski definition) is 5. The minimum absolute atomic E-state index is 0.110. The number of H-pyrrole nitrogens is 2. The summed E-state index contributed by atoms with van der Waals surface area (Å²) >= 11 is 0. The van der Waals surface area contributed by atoms with Crippen molar-refractivity contribution in [1.29, 1.82) is 0 Å². The van der Waals surface area contributed by atoms with Crippen molar-refractivity contribution in [1.82, 2.24) is 25.1 Å². The molecule has 43 heavy (non-hydrogen) atoms. The number of halogens is 1. The van der Waals surface area contributed by atoms with Crippen LogP contribution in [0.5, 0.6) is 5.75 Å². The predicted octanol–water partition coefficient (Wildman–Crippen LogP) is 7.16. The van der Waals surface area contributed by atoms with E-state index in [-0.39, 0.29) is 18.1 Å². The van der Waals surface area contributed by atoms with Crippen molar-refractivity contribution in [3.63, 3.8) is 0 Å². The molecular weight excluding hydrogens is 543 g/mol. The van der Waals surface area contributed by atoms with Gasteiger partial charge in [0, 0.05) is 34.8 Å². The molecule has 9 heteroatoms. The molecule has 7 rings (SSSR count). The van der Waals surface area contributed by atoms with Gasteiger partial charge in [0.2, 0.25) is 5.91 Å². The van der Waals surface area contributed by atoms with Crippen LogP contribution in [-0.2, 0) is 11.2 Å². The van der Waals surface area contributed by atoms with E-state index in [1.807, 2.05) is 66.7 Å². The summed E-state index contributed by atoms with van der Waals surface area (Å²) in [6.07, 6.45) is 5.37. The van der Waals surface area contributed by atoms with E-state index in [2.05, 4.69) is 30.5 Å². The number of rotatable bonds is 7. The molecule has 3 N–H and O–H groups in total. The molecule has 0 saturated heterocycles. The molecule has 1 amide bonds. The second-order valence-corrected chi connectivity index (χ2v) is 10.2. The zero-order valence-electron chi connectivity index (χ0n) is 23.1. The van der Waals surface area contributed by atoms with Gasteiger partial charge in [-0.25, -0.2) is 9.37 Å². The molecule has 0 fully saturated rings. The van der Waals surface area contributed by atoms with Crippen LogP contribution >= 0.6 is 0 Å². The monoisotopic (exact) mass is 568 g/mol. The van der Waals surface area contributed by atoms with Crippen molar-refractivity contribution < 1.29 is 13.9 Å². The third-order valence-corrected chi connectivity index (χ3v) is 7.33. The normalized spacial score (nSPS) is 11.2. The summed E-state index contributed by atoms with van der Waals surface area (Å²) in [5, 5.41) is 12.4. The largest absolute Gasteiger partial charge is 0.497 e. The van der Waals surface area contributed by atoms with Crippen molar-refractivity contribution in [2.24, 2.45) is 0 Å². The molecule has 0 aliphatic rings. The van der Waals surface area contributed by atoms with Crippen LogP contribution in [0.2, 0.25) is 0 Å². The number of nitrogens with zero attached hydrogens (tertiary/aromatic N) is 3. The standard InChI is InChI=1S/C34H25FN6O2/c1-43-26-14-22(12-24(35)16-26)27-9-10-37-34-28(27)17-31(39-34)33-29-15-21(7-8-30(29)40-41-33)23-13-25(19-36-18-23)38-32(42)11-20-5-3-2-4-6-20/h2-10,12-19H,11H2,1H3,(H,37,39)(H,38,42)(H,40,41). The van der Waals surface area contributed by atoms with Crippen LogP contribution in [0.15, 0.2) is 104 Å². The second-order valence-electron chi connectivity index (χ2n) is 10.2. The van der Waals surface area contributed by atoms with Gasteiger partial charge in [0.25, 0.3) is 0 Å². The van der Waals surface area contributed by atoms with Gasteiger partial charge in [0.1, 0.15) is 22.9 Å². The summed E-state index contributed by atoms with van der Waals surface area (Å²) in [5.74, 6) is -0.0488. The highest BCUT2D eigenvalue weighted by molar-refractivity contribution is 6.01. The van der Waals surface area contributed by atoms with Crippen LogP contribution in [0.25, 0.3) is 55.6 Å². The Labute approximate surface area is 245 Å². The van der Waals surface area contributed by atoms with E-state index in [4.69, 9.17) is 4.74 Å². The molecule has 3 aromatic carbocycles. The smallest absolute Gasteiger partial charge is 0.228 e. The fraction of sp³-hybridized carbons (Fsp3) is 0.0588. The van der Waals surface area contributed by atoms with E-state index in [1.165, 1.54) is 19.2 Å². The topological polar surface area (TPSA) is 109 Å². The number of anilines is 1. The van der Waals surface area contributed by atoms with Crippen LogP contribution in [0.1, 0.15) is 5.56 Å². The van der Waals surface area contributed by atoms with Gasteiger partial charge in [-0.1, -0.05) is 36.4 Å². The number of carbonyl (C=O) groups excluding carboxylic acids is 1. The Balaban J connectivity index is 1.22. The summed E-state index contributed by atoms with van der Waals surface area (Å²) in [4.78, 5) is 24.9. The van der Waals surface area contributed by atoms with Gasteiger partial charge in [0.05, 0.1) is 36.6 Å². The molecule has 0 saturated carbocycles. The summed E-state index contributed by atoms with van der Waals surface area (Å²) in [6.45, 7) is 0. The van der Waals surface area contributed by atoms with Crippen molar-refractivity contribution in [2.45, 2.75) is 6.42 Å². The summed E-state index contributed by atoms with van der Waals surface area (Å²) in [5.41, 5.74) is 7.85. The first kappa shape index (κ1) is 26.1. The van der Waals surface area contributed by atoms with E-state index in [0.717, 1.165) is 49.9 Å². The molecule has 0 atom stereocenters. The number of methoxy groups -OCH3 is 1. The van der Waals surface area contributed by atoms with Crippen LogP contribution in [-0.4, -0.2) is 38.2 Å². The van der Waals surface area contributed by atoms with Gasteiger partial charge in [-0.3, -0.25) is 14.9 Å². The van der Waals surface area contributed by atoms with Gasteiger partial charge in [0.15, 0.2) is 0 Å². The average Bonchev–Trinajstić information content (AvgIpc) is 3.65. The molecule has 0 unspecified atom stereocenters. The van der Waals surface area contributed by atoms with Gasteiger partial charge >= 0.3 is 0 Å². The third-order valence-electron chi connectivity index (χ3n) is 7.33. The van der Waals surface area contributed by atoms with Crippen molar-refractivity contribution in [3.05, 3.63) is 115 Å². The van der Waals surface area contributed by atoms with Crippen LogP contribution in [0, 0.1) is 5.82 Å². The lowest BCUT2D eigenvalue weighted by molar-refractivity contribution is -0.115. The maximum atomic E-state index is 14.3. The number of aromatic nitrogens is 5. The lowest BCUT2D eigenvalue weighted by Crippen LogP contribution is -2.14. The Morgan fingerprint density at radius 2 is 1.79 bits per heavy atom. The molecule has 4 heterocycles. The first-order chi connectivity index (χ1) is 21.0. The molecule has 0 bridgehead atoms. The fourth-order valence-electron chi connectivity index (χ4n) is 5.29. The molecule has 210 valence electrons. The van der Waals surface area contributed by atoms with Gasteiger partial charge < -0.3 is 15.0 Å². The Hall–Kier alpha value is -5.83. The lowest BCUT2D eigenvalue weighted by atomic mass is 10.0. The van der Waals surface area contributed by atoms with Crippen molar-refractivity contribution >= 4 is 33.5 Å². The SMILES string of the molecule is COc1cc(F)cc(-c2ccnc3[nH]c(-c4n[nH]c5ccc(-c6cncc(NC(=O)Cc7ccccc7)c6)cc45)cc23)c1. The van der Waals surface area contributed by atoms with Gasteiger partial charge in [-0.2, -0.15) is 5.10 Å². The number of aromatic amines is 2. The highest BCUT2D eigenvalue weighted by Crippen LogP contribution is 2.36. The molecule has 0 spiro atoms. The highest BCUT2D eigenvalue weighted by atomic mass is 19.1. The Morgan fingerprint density at radius 3 is 2.65 bits per heavy atom. The maximum absolute atomic E-state index is 14.3. The van der Waals surface area contributed by atoms with Gasteiger partial charge in [-0.05, 0) is 64.7 Å². The lowest BCUT2D eigenvalue weighted by Gasteiger charge is -2.08. The molecule has 0 aliphatic carbocycles. The third kappa shape index (κ3) is 5.19. The van der Waals surface area contributed by atoms with E-state index in [0.29, 0.717) is 22.6 Å². The number of amides is 1. The van der Waals surface area contributed by atoms with Gasteiger partial charge in [-0.15, -0.1) is 0 Å². The van der Waals surface area contributed by atoms with Crippen LogP contribution in [0.3, 0.4) is 0 Å².